The Balaban J connectivity index is 2.33. The van der Waals surface area contributed by atoms with E-state index in [1.54, 1.807) is 4.31 Å². The third-order valence-corrected chi connectivity index (χ3v) is 5.93. The van der Waals surface area contributed by atoms with E-state index in [0.29, 0.717) is 29.9 Å². The fourth-order valence-electron chi connectivity index (χ4n) is 2.59. The second-order valence-electron chi connectivity index (χ2n) is 5.34. The number of halogens is 2. The summed E-state index contributed by atoms with van der Waals surface area (Å²) in [7, 11) is -3.48. The quantitative estimate of drug-likeness (QED) is 0.833. The number of hydrogen-bond acceptors (Lipinski definition) is 2. The van der Waals surface area contributed by atoms with Crippen LogP contribution >= 0.6 is 23.2 Å². The van der Waals surface area contributed by atoms with Gasteiger partial charge in [-0.25, -0.2) is 8.42 Å². The first-order valence-electron chi connectivity index (χ1n) is 6.26. The Bertz CT molecular complexity index is 564. The van der Waals surface area contributed by atoms with Crippen LogP contribution in [0.15, 0.2) is 23.1 Å². The van der Waals surface area contributed by atoms with E-state index in [0.717, 1.165) is 6.42 Å². The van der Waals surface area contributed by atoms with Crippen molar-refractivity contribution in [1.82, 2.24) is 4.31 Å². The molecule has 19 heavy (non-hydrogen) atoms. The van der Waals surface area contributed by atoms with Gasteiger partial charge in [0.2, 0.25) is 10.0 Å². The summed E-state index contributed by atoms with van der Waals surface area (Å²) in [5, 5.41) is 0.627. The van der Waals surface area contributed by atoms with Gasteiger partial charge in [-0.05, 0) is 36.5 Å². The molecule has 0 aliphatic carbocycles. The van der Waals surface area contributed by atoms with Gasteiger partial charge < -0.3 is 0 Å². The van der Waals surface area contributed by atoms with Gasteiger partial charge in [-0.15, -0.1) is 0 Å². The molecule has 0 saturated carbocycles. The molecule has 0 amide bonds. The molecule has 106 valence electrons. The number of hydrogen-bond donors (Lipinski definition) is 0. The van der Waals surface area contributed by atoms with Crippen molar-refractivity contribution in [3.63, 3.8) is 0 Å². The van der Waals surface area contributed by atoms with Crippen LogP contribution in [0.5, 0.6) is 0 Å². The highest BCUT2D eigenvalue weighted by Crippen LogP contribution is 2.30. The number of piperidine rings is 1. The van der Waals surface area contributed by atoms with Crippen molar-refractivity contribution in [1.29, 1.82) is 0 Å². The molecule has 1 aromatic carbocycles. The lowest BCUT2D eigenvalue weighted by Gasteiger charge is -2.34. The van der Waals surface area contributed by atoms with Crippen molar-refractivity contribution in [3.05, 3.63) is 28.2 Å². The van der Waals surface area contributed by atoms with Crippen LogP contribution < -0.4 is 0 Å². The lowest BCUT2D eigenvalue weighted by molar-refractivity contribution is 0.222. The van der Waals surface area contributed by atoms with E-state index in [2.05, 4.69) is 13.8 Å². The third kappa shape index (κ3) is 3.24. The fourth-order valence-corrected chi connectivity index (χ4v) is 4.66. The molecular weight excluding hydrogens is 305 g/mol. The van der Waals surface area contributed by atoms with E-state index in [9.17, 15) is 8.42 Å². The lowest BCUT2D eigenvalue weighted by atomic mass is 9.94. The minimum atomic E-state index is -3.48. The molecule has 2 atom stereocenters. The Labute approximate surface area is 124 Å². The van der Waals surface area contributed by atoms with E-state index in [1.165, 1.54) is 18.2 Å². The summed E-state index contributed by atoms with van der Waals surface area (Å²) in [6, 6.07) is 4.45. The Morgan fingerprint density at radius 1 is 1.11 bits per heavy atom. The van der Waals surface area contributed by atoms with Gasteiger partial charge in [0, 0.05) is 13.1 Å². The minimum Gasteiger partial charge on any atom is -0.207 e. The molecular formula is C13H17Cl2NO2S. The molecule has 0 aromatic heterocycles. The first kappa shape index (κ1) is 15.1. The van der Waals surface area contributed by atoms with Gasteiger partial charge >= 0.3 is 0 Å². The van der Waals surface area contributed by atoms with E-state index < -0.39 is 10.0 Å². The highest BCUT2D eigenvalue weighted by atomic mass is 35.5. The van der Waals surface area contributed by atoms with Crippen molar-refractivity contribution in [3.8, 4) is 0 Å². The highest BCUT2D eigenvalue weighted by Gasteiger charge is 2.31. The summed E-state index contributed by atoms with van der Waals surface area (Å²) >= 11 is 11.7. The van der Waals surface area contributed by atoms with Crippen LogP contribution in [0, 0.1) is 11.8 Å². The molecule has 0 N–H and O–H groups in total. The van der Waals surface area contributed by atoms with Gasteiger partial charge in [0.1, 0.15) is 0 Å². The first-order chi connectivity index (χ1) is 8.80. The number of sulfonamides is 1. The van der Waals surface area contributed by atoms with Crippen molar-refractivity contribution in [2.24, 2.45) is 11.8 Å². The highest BCUT2D eigenvalue weighted by molar-refractivity contribution is 7.89. The first-order valence-corrected chi connectivity index (χ1v) is 8.45. The van der Waals surface area contributed by atoms with Crippen LogP contribution in [0.1, 0.15) is 20.3 Å². The second-order valence-corrected chi connectivity index (χ2v) is 8.10. The molecule has 6 heteroatoms. The van der Waals surface area contributed by atoms with Crippen LogP contribution in [0.2, 0.25) is 10.0 Å². The maximum Gasteiger partial charge on any atom is 0.243 e. The van der Waals surface area contributed by atoms with Gasteiger partial charge in [0.05, 0.1) is 14.9 Å². The molecule has 0 unspecified atom stereocenters. The van der Waals surface area contributed by atoms with Gasteiger partial charge in [-0.1, -0.05) is 37.0 Å². The summed E-state index contributed by atoms with van der Waals surface area (Å²) in [6.07, 6.45) is 1.06. The zero-order valence-electron chi connectivity index (χ0n) is 10.9. The second kappa shape index (κ2) is 5.60. The lowest BCUT2D eigenvalue weighted by Crippen LogP contribution is -2.42. The molecule has 0 spiro atoms. The number of benzene rings is 1. The molecule has 1 saturated heterocycles. The Morgan fingerprint density at radius 3 is 2.21 bits per heavy atom. The molecule has 1 fully saturated rings. The van der Waals surface area contributed by atoms with E-state index in [-0.39, 0.29) is 9.92 Å². The zero-order chi connectivity index (χ0) is 14.2. The zero-order valence-corrected chi connectivity index (χ0v) is 13.3. The summed E-state index contributed by atoms with van der Waals surface area (Å²) in [4.78, 5) is 0.211. The molecule has 3 nitrogen and oxygen atoms in total. The van der Waals surface area contributed by atoms with Crippen molar-refractivity contribution in [2.45, 2.75) is 25.2 Å². The van der Waals surface area contributed by atoms with Crippen molar-refractivity contribution in [2.75, 3.05) is 13.1 Å². The number of nitrogens with zero attached hydrogens (tertiary/aromatic N) is 1. The largest absolute Gasteiger partial charge is 0.243 e. The summed E-state index contributed by atoms with van der Waals surface area (Å²) in [5.74, 6) is 0.752. The summed E-state index contributed by atoms with van der Waals surface area (Å²) in [6.45, 7) is 5.28. The molecule has 2 rings (SSSR count). The van der Waals surface area contributed by atoms with Crippen LogP contribution in [0.25, 0.3) is 0 Å². The standard InChI is InChI=1S/C13H17Cl2NO2S/c1-9-5-10(2)8-16(7-9)19(17,18)11-3-4-12(14)13(15)6-11/h3-4,6,9-10H,5,7-8H2,1-2H3/t9-,10-/m0/s1. The van der Waals surface area contributed by atoms with Gasteiger partial charge in [-0.3, -0.25) is 0 Å². The Hall–Kier alpha value is -0.290. The monoisotopic (exact) mass is 321 g/mol. The Morgan fingerprint density at radius 2 is 1.68 bits per heavy atom. The van der Waals surface area contributed by atoms with Crippen LogP contribution in [-0.4, -0.2) is 25.8 Å². The molecule has 1 heterocycles. The summed E-state index contributed by atoms with van der Waals surface area (Å²) in [5.41, 5.74) is 0. The molecule has 1 aliphatic rings. The fraction of sp³-hybridized carbons (Fsp3) is 0.538. The smallest absolute Gasteiger partial charge is 0.207 e. The van der Waals surface area contributed by atoms with Crippen molar-refractivity contribution < 1.29 is 8.42 Å². The van der Waals surface area contributed by atoms with Crippen LogP contribution in [0.3, 0.4) is 0 Å². The van der Waals surface area contributed by atoms with Crippen LogP contribution in [-0.2, 0) is 10.0 Å². The SMILES string of the molecule is C[C@H]1C[C@H](C)CN(S(=O)(=O)c2ccc(Cl)c(Cl)c2)C1. The minimum absolute atomic E-state index is 0.211. The predicted molar refractivity (Wildman–Crippen MR) is 78.2 cm³/mol. The summed E-state index contributed by atoms with van der Waals surface area (Å²) < 4.78 is 26.7. The molecule has 1 aromatic rings. The maximum atomic E-state index is 12.6. The molecule has 0 radical (unpaired) electrons. The van der Waals surface area contributed by atoms with E-state index >= 15 is 0 Å². The van der Waals surface area contributed by atoms with Crippen LogP contribution in [0.4, 0.5) is 0 Å². The molecule has 1 aliphatic heterocycles. The van der Waals surface area contributed by atoms with E-state index in [1.807, 2.05) is 0 Å². The van der Waals surface area contributed by atoms with Gasteiger partial charge in [0.25, 0.3) is 0 Å². The normalized spacial score (nSPS) is 25.5. The van der Waals surface area contributed by atoms with Gasteiger partial charge in [-0.2, -0.15) is 4.31 Å². The molecule has 0 bridgehead atoms. The topological polar surface area (TPSA) is 37.4 Å². The van der Waals surface area contributed by atoms with Crippen molar-refractivity contribution >= 4 is 33.2 Å². The van der Waals surface area contributed by atoms with Gasteiger partial charge in [0.15, 0.2) is 0 Å². The average molecular weight is 322 g/mol. The maximum absolute atomic E-state index is 12.6. The van der Waals surface area contributed by atoms with E-state index in [4.69, 9.17) is 23.2 Å². The third-order valence-electron chi connectivity index (χ3n) is 3.36. The predicted octanol–water partition coefficient (Wildman–Crippen LogP) is 3.66. The average Bonchev–Trinajstić information content (AvgIpc) is 2.31. The Kier molecular flexibility index (Phi) is 4.45. The number of rotatable bonds is 2.